The van der Waals surface area contributed by atoms with E-state index in [0.717, 1.165) is 25.0 Å². The van der Waals surface area contributed by atoms with Gasteiger partial charge in [-0.3, -0.25) is 0 Å². The molecule has 76 valence electrons. The highest BCUT2D eigenvalue weighted by atomic mass is 35.5. The maximum absolute atomic E-state index is 6.02. The Bertz CT molecular complexity index is 311. The topological polar surface area (TPSA) is 9.23 Å². The molecule has 0 bridgehead atoms. The smallest absolute Gasteiger partial charge is 0.119 e. The van der Waals surface area contributed by atoms with Crippen LogP contribution < -0.4 is 4.74 Å². The summed E-state index contributed by atoms with van der Waals surface area (Å²) in [6.45, 7) is 2.08. The molecule has 2 heteroatoms. The third kappa shape index (κ3) is 2.42. The summed E-state index contributed by atoms with van der Waals surface area (Å²) in [6.07, 6.45) is 3.47. The van der Waals surface area contributed by atoms with E-state index in [1.807, 2.05) is 12.1 Å². The average molecular weight is 211 g/mol. The molecule has 1 aliphatic rings. The number of ether oxygens (including phenoxy) is 1. The summed E-state index contributed by atoms with van der Waals surface area (Å²) in [5.41, 5.74) is 1.24. The highest BCUT2D eigenvalue weighted by Gasteiger charge is 2.24. The van der Waals surface area contributed by atoms with Crippen LogP contribution in [0.1, 0.15) is 24.8 Å². The SMILES string of the molecule is Cc1cccc(OC2CCC(Cl)C2)c1. The van der Waals surface area contributed by atoms with Gasteiger partial charge in [0.1, 0.15) is 11.9 Å². The second-order valence-corrected chi connectivity index (χ2v) is 4.58. The number of benzene rings is 1. The fourth-order valence-corrected chi connectivity index (χ4v) is 2.20. The van der Waals surface area contributed by atoms with Crippen molar-refractivity contribution < 1.29 is 4.74 Å². The lowest BCUT2D eigenvalue weighted by molar-refractivity contribution is 0.210. The second-order valence-electron chi connectivity index (χ2n) is 3.97. The molecule has 0 saturated heterocycles. The van der Waals surface area contributed by atoms with Crippen LogP contribution in [0.2, 0.25) is 0 Å². The van der Waals surface area contributed by atoms with E-state index in [1.165, 1.54) is 5.56 Å². The standard InChI is InChI=1S/C12H15ClO/c1-9-3-2-4-11(7-9)14-12-6-5-10(13)8-12/h2-4,7,10,12H,5-6,8H2,1H3. The van der Waals surface area contributed by atoms with Crippen molar-refractivity contribution in [2.45, 2.75) is 37.7 Å². The number of rotatable bonds is 2. The summed E-state index contributed by atoms with van der Waals surface area (Å²) >= 11 is 6.02. The number of halogens is 1. The normalized spacial score (nSPS) is 26.4. The summed E-state index contributed by atoms with van der Waals surface area (Å²) in [6, 6.07) is 8.18. The van der Waals surface area contributed by atoms with Gasteiger partial charge in [-0.2, -0.15) is 0 Å². The minimum absolute atomic E-state index is 0.310. The fourth-order valence-electron chi connectivity index (χ4n) is 1.88. The van der Waals surface area contributed by atoms with Gasteiger partial charge in [-0.1, -0.05) is 12.1 Å². The average Bonchev–Trinajstić information content (AvgIpc) is 2.51. The van der Waals surface area contributed by atoms with Gasteiger partial charge in [0.05, 0.1) is 0 Å². The zero-order chi connectivity index (χ0) is 9.97. The first-order valence-corrected chi connectivity index (χ1v) is 5.55. The maximum Gasteiger partial charge on any atom is 0.119 e. The number of hydrogen-bond acceptors (Lipinski definition) is 1. The zero-order valence-corrected chi connectivity index (χ0v) is 9.13. The molecule has 2 atom stereocenters. The van der Waals surface area contributed by atoms with E-state index in [2.05, 4.69) is 19.1 Å². The molecule has 0 amide bonds. The fraction of sp³-hybridized carbons (Fsp3) is 0.500. The molecule has 0 aliphatic heterocycles. The van der Waals surface area contributed by atoms with E-state index in [-0.39, 0.29) is 0 Å². The molecule has 2 unspecified atom stereocenters. The Balaban J connectivity index is 1.97. The lowest BCUT2D eigenvalue weighted by Crippen LogP contribution is -2.12. The Labute approximate surface area is 90.0 Å². The van der Waals surface area contributed by atoms with Crippen LogP contribution in [0.3, 0.4) is 0 Å². The molecule has 1 aliphatic carbocycles. The third-order valence-corrected chi connectivity index (χ3v) is 3.01. The summed E-state index contributed by atoms with van der Waals surface area (Å²) in [7, 11) is 0. The Morgan fingerprint density at radius 1 is 1.36 bits per heavy atom. The molecule has 14 heavy (non-hydrogen) atoms. The molecule has 1 fully saturated rings. The van der Waals surface area contributed by atoms with Gasteiger partial charge in [-0.25, -0.2) is 0 Å². The largest absolute Gasteiger partial charge is 0.490 e. The van der Waals surface area contributed by atoms with Gasteiger partial charge < -0.3 is 4.74 Å². The van der Waals surface area contributed by atoms with E-state index in [4.69, 9.17) is 16.3 Å². The number of alkyl halides is 1. The molecule has 0 aromatic heterocycles. The Kier molecular flexibility index (Phi) is 2.97. The highest BCUT2D eigenvalue weighted by Crippen LogP contribution is 2.28. The van der Waals surface area contributed by atoms with E-state index in [9.17, 15) is 0 Å². The van der Waals surface area contributed by atoms with Crippen molar-refractivity contribution in [1.29, 1.82) is 0 Å². The summed E-state index contributed by atoms with van der Waals surface area (Å²) < 4.78 is 5.84. The summed E-state index contributed by atoms with van der Waals surface area (Å²) in [5, 5.41) is 0.310. The first kappa shape index (κ1) is 9.85. The van der Waals surface area contributed by atoms with Crippen molar-refractivity contribution in [2.24, 2.45) is 0 Å². The van der Waals surface area contributed by atoms with E-state index < -0.39 is 0 Å². The molecule has 1 saturated carbocycles. The first-order chi connectivity index (χ1) is 6.74. The second kappa shape index (κ2) is 4.22. The van der Waals surface area contributed by atoms with Crippen molar-refractivity contribution in [3.05, 3.63) is 29.8 Å². The van der Waals surface area contributed by atoms with Gasteiger partial charge in [0.25, 0.3) is 0 Å². The monoisotopic (exact) mass is 210 g/mol. The van der Waals surface area contributed by atoms with Crippen LogP contribution in [0, 0.1) is 6.92 Å². The lowest BCUT2D eigenvalue weighted by Gasteiger charge is -2.13. The molecule has 1 aromatic carbocycles. The van der Waals surface area contributed by atoms with Crippen molar-refractivity contribution in [3.8, 4) is 5.75 Å². The van der Waals surface area contributed by atoms with Crippen molar-refractivity contribution in [1.82, 2.24) is 0 Å². The van der Waals surface area contributed by atoms with Crippen molar-refractivity contribution in [2.75, 3.05) is 0 Å². The van der Waals surface area contributed by atoms with Crippen LogP contribution in [-0.4, -0.2) is 11.5 Å². The third-order valence-electron chi connectivity index (χ3n) is 2.61. The van der Waals surface area contributed by atoms with Crippen LogP contribution >= 0.6 is 11.6 Å². The van der Waals surface area contributed by atoms with E-state index in [0.29, 0.717) is 11.5 Å². The molecule has 1 aromatic rings. The molecule has 2 rings (SSSR count). The van der Waals surface area contributed by atoms with Crippen molar-refractivity contribution >= 4 is 11.6 Å². The molecule has 0 N–H and O–H groups in total. The Hall–Kier alpha value is -0.690. The van der Waals surface area contributed by atoms with Crippen LogP contribution in [-0.2, 0) is 0 Å². The summed E-state index contributed by atoms with van der Waals surface area (Å²) in [4.78, 5) is 0. The summed E-state index contributed by atoms with van der Waals surface area (Å²) in [5.74, 6) is 0.973. The minimum Gasteiger partial charge on any atom is -0.490 e. The molecule has 0 heterocycles. The van der Waals surface area contributed by atoms with Crippen molar-refractivity contribution in [3.63, 3.8) is 0 Å². The predicted octanol–water partition coefficient (Wildman–Crippen LogP) is 3.53. The minimum atomic E-state index is 0.310. The zero-order valence-electron chi connectivity index (χ0n) is 8.37. The maximum atomic E-state index is 6.02. The lowest BCUT2D eigenvalue weighted by atomic mass is 10.2. The highest BCUT2D eigenvalue weighted by molar-refractivity contribution is 6.20. The number of hydrogen-bond donors (Lipinski definition) is 0. The molecular weight excluding hydrogens is 196 g/mol. The van der Waals surface area contributed by atoms with Crippen LogP contribution in [0.5, 0.6) is 5.75 Å². The van der Waals surface area contributed by atoms with Gasteiger partial charge >= 0.3 is 0 Å². The van der Waals surface area contributed by atoms with Gasteiger partial charge in [0, 0.05) is 11.8 Å². The Morgan fingerprint density at radius 3 is 2.86 bits per heavy atom. The van der Waals surface area contributed by atoms with Gasteiger partial charge in [0.15, 0.2) is 0 Å². The van der Waals surface area contributed by atoms with Gasteiger partial charge in [-0.05, 0) is 37.5 Å². The molecular formula is C12H15ClO. The molecule has 1 nitrogen and oxygen atoms in total. The number of aryl methyl sites for hydroxylation is 1. The van der Waals surface area contributed by atoms with Gasteiger partial charge in [-0.15, -0.1) is 11.6 Å². The van der Waals surface area contributed by atoms with Crippen LogP contribution in [0.15, 0.2) is 24.3 Å². The van der Waals surface area contributed by atoms with Gasteiger partial charge in [0.2, 0.25) is 0 Å². The quantitative estimate of drug-likeness (QED) is 0.679. The molecule has 0 spiro atoms. The van der Waals surface area contributed by atoms with Crippen LogP contribution in [0.25, 0.3) is 0 Å². The van der Waals surface area contributed by atoms with Crippen LogP contribution in [0.4, 0.5) is 0 Å². The predicted molar refractivity (Wildman–Crippen MR) is 59.1 cm³/mol. The molecule has 0 radical (unpaired) electrons. The van der Waals surface area contributed by atoms with E-state index >= 15 is 0 Å². The Morgan fingerprint density at radius 2 is 2.21 bits per heavy atom. The first-order valence-electron chi connectivity index (χ1n) is 5.11. The van der Waals surface area contributed by atoms with E-state index in [1.54, 1.807) is 0 Å².